The smallest absolute Gasteiger partial charge is 0.411 e. The molecule has 0 aliphatic rings. The van der Waals surface area contributed by atoms with Gasteiger partial charge in [0, 0.05) is 13.0 Å². The summed E-state index contributed by atoms with van der Waals surface area (Å²) in [5.41, 5.74) is 0. The molecule has 0 aromatic rings. The van der Waals surface area contributed by atoms with Crippen LogP contribution >= 0.6 is 0 Å². The summed E-state index contributed by atoms with van der Waals surface area (Å²) in [6.07, 6.45) is -4.65. The van der Waals surface area contributed by atoms with Crippen LogP contribution < -0.4 is 5.32 Å². The largest absolute Gasteiger partial charge is 0.481 e. The quantitative estimate of drug-likeness (QED) is 0.661. The maximum Gasteiger partial charge on any atom is 0.411 e. The Morgan fingerprint density at radius 1 is 1.32 bits per heavy atom. The number of carboxylic acids is 1. The minimum Gasteiger partial charge on any atom is -0.481 e. The molecule has 0 saturated heterocycles. The fourth-order valence-corrected chi connectivity index (χ4v) is 1.27. The van der Waals surface area contributed by atoms with E-state index in [1.165, 1.54) is 0 Å². The van der Waals surface area contributed by atoms with E-state index in [-0.39, 0.29) is 25.5 Å². The Morgan fingerprint density at radius 2 is 1.89 bits per heavy atom. The molecule has 0 aliphatic carbocycles. The van der Waals surface area contributed by atoms with Crippen molar-refractivity contribution in [2.24, 2.45) is 11.8 Å². The normalized spacial score (nSPS) is 13.4. The number of carbonyl (C=O) groups excluding carboxylic acids is 1. The van der Waals surface area contributed by atoms with E-state index in [0.717, 1.165) is 0 Å². The highest BCUT2D eigenvalue weighted by Gasteiger charge is 2.27. The van der Waals surface area contributed by atoms with Gasteiger partial charge in [0.1, 0.15) is 6.61 Å². The van der Waals surface area contributed by atoms with Crippen LogP contribution in [-0.2, 0) is 14.3 Å². The molecule has 19 heavy (non-hydrogen) atoms. The van der Waals surface area contributed by atoms with Gasteiger partial charge in [0.2, 0.25) is 5.91 Å². The molecule has 0 radical (unpaired) electrons. The van der Waals surface area contributed by atoms with Gasteiger partial charge in [-0.2, -0.15) is 13.2 Å². The van der Waals surface area contributed by atoms with Crippen LogP contribution in [0.15, 0.2) is 0 Å². The number of carboxylic acid groups (broad SMARTS) is 1. The van der Waals surface area contributed by atoms with E-state index in [2.05, 4.69) is 10.1 Å². The number of halogens is 3. The number of aliphatic carboxylic acids is 1. The van der Waals surface area contributed by atoms with Crippen molar-refractivity contribution in [1.29, 1.82) is 0 Å². The van der Waals surface area contributed by atoms with E-state index in [9.17, 15) is 22.8 Å². The van der Waals surface area contributed by atoms with Crippen LogP contribution in [0.2, 0.25) is 0 Å². The Balaban J connectivity index is 3.84. The Labute approximate surface area is 109 Å². The number of nitrogens with one attached hydrogen (secondary N) is 1. The fraction of sp³-hybridized carbons (Fsp3) is 0.818. The van der Waals surface area contributed by atoms with Gasteiger partial charge in [-0.15, -0.1) is 0 Å². The molecular weight excluding hydrogens is 267 g/mol. The Kier molecular flexibility index (Phi) is 7.43. The molecule has 8 heteroatoms. The Hall–Kier alpha value is -1.31. The van der Waals surface area contributed by atoms with Crippen molar-refractivity contribution in [3.05, 3.63) is 0 Å². The van der Waals surface area contributed by atoms with Crippen LogP contribution in [0, 0.1) is 11.8 Å². The van der Waals surface area contributed by atoms with Gasteiger partial charge in [0.05, 0.1) is 12.5 Å². The molecule has 112 valence electrons. The molecule has 0 rings (SSSR count). The van der Waals surface area contributed by atoms with Crippen molar-refractivity contribution < 1.29 is 32.6 Å². The summed E-state index contributed by atoms with van der Waals surface area (Å²) in [4.78, 5) is 22.1. The van der Waals surface area contributed by atoms with Crippen molar-refractivity contribution in [2.45, 2.75) is 26.4 Å². The zero-order valence-corrected chi connectivity index (χ0v) is 10.8. The maximum absolute atomic E-state index is 11.7. The minimum atomic E-state index is -4.41. The molecule has 2 N–H and O–H groups in total. The summed E-state index contributed by atoms with van der Waals surface area (Å²) >= 11 is 0. The first-order valence-corrected chi connectivity index (χ1v) is 5.77. The number of ether oxygens (including phenoxy) is 1. The highest BCUT2D eigenvalue weighted by molar-refractivity contribution is 5.77. The molecule has 1 unspecified atom stereocenters. The number of hydrogen-bond donors (Lipinski definition) is 2. The first-order valence-electron chi connectivity index (χ1n) is 5.77. The molecule has 0 aromatic carbocycles. The van der Waals surface area contributed by atoms with Crippen molar-refractivity contribution in [3.8, 4) is 0 Å². The van der Waals surface area contributed by atoms with Gasteiger partial charge >= 0.3 is 12.1 Å². The lowest BCUT2D eigenvalue weighted by Gasteiger charge is -2.16. The number of carbonyl (C=O) groups is 2. The summed E-state index contributed by atoms with van der Waals surface area (Å²) in [6, 6.07) is 0. The molecule has 0 saturated carbocycles. The number of alkyl halides is 3. The van der Waals surface area contributed by atoms with Crippen molar-refractivity contribution in [3.63, 3.8) is 0 Å². The molecule has 1 amide bonds. The average Bonchev–Trinajstić information content (AvgIpc) is 2.22. The fourth-order valence-electron chi connectivity index (χ4n) is 1.27. The Morgan fingerprint density at radius 3 is 2.32 bits per heavy atom. The molecule has 5 nitrogen and oxygen atoms in total. The summed E-state index contributed by atoms with van der Waals surface area (Å²) in [5, 5.41) is 11.2. The van der Waals surface area contributed by atoms with E-state index in [1.807, 2.05) is 0 Å². The van der Waals surface area contributed by atoms with Gasteiger partial charge in [0.15, 0.2) is 0 Å². The monoisotopic (exact) mass is 285 g/mol. The van der Waals surface area contributed by atoms with E-state index in [4.69, 9.17) is 5.11 Å². The lowest BCUT2D eigenvalue weighted by Crippen LogP contribution is -2.36. The van der Waals surface area contributed by atoms with Crippen LogP contribution in [0.25, 0.3) is 0 Å². The second kappa shape index (κ2) is 7.98. The van der Waals surface area contributed by atoms with Crippen molar-refractivity contribution in [2.75, 3.05) is 19.8 Å². The third-order valence-electron chi connectivity index (χ3n) is 2.38. The van der Waals surface area contributed by atoms with Crippen LogP contribution in [0.5, 0.6) is 0 Å². The van der Waals surface area contributed by atoms with E-state index >= 15 is 0 Å². The summed E-state index contributed by atoms with van der Waals surface area (Å²) in [6.45, 7) is 1.61. The van der Waals surface area contributed by atoms with Gasteiger partial charge in [-0.3, -0.25) is 9.59 Å². The van der Waals surface area contributed by atoms with Crippen LogP contribution in [0.3, 0.4) is 0 Å². The molecular formula is C11H18F3NO4. The molecule has 1 atom stereocenters. The summed E-state index contributed by atoms with van der Waals surface area (Å²) in [7, 11) is 0. The molecule has 0 spiro atoms. The lowest BCUT2D eigenvalue weighted by molar-refractivity contribution is -0.174. The first kappa shape index (κ1) is 17.7. The predicted molar refractivity (Wildman–Crippen MR) is 60.5 cm³/mol. The average molecular weight is 285 g/mol. The SMILES string of the molecule is CC(C)C(CNC(=O)CCOCC(F)(F)F)C(=O)O. The first-order chi connectivity index (χ1) is 8.63. The standard InChI is InChI=1S/C11H18F3NO4/c1-7(2)8(10(17)18)5-15-9(16)3-4-19-6-11(12,13)14/h7-8H,3-6H2,1-2H3,(H,15,16)(H,17,18). The summed E-state index contributed by atoms with van der Waals surface area (Å²) < 4.78 is 39.4. The van der Waals surface area contributed by atoms with E-state index < -0.39 is 30.6 Å². The number of amides is 1. The van der Waals surface area contributed by atoms with Gasteiger partial charge in [-0.1, -0.05) is 13.8 Å². The second-order valence-electron chi connectivity index (χ2n) is 4.41. The molecule has 0 bridgehead atoms. The third kappa shape index (κ3) is 9.29. The third-order valence-corrected chi connectivity index (χ3v) is 2.38. The van der Waals surface area contributed by atoms with Crippen molar-refractivity contribution in [1.82, 2.24) is 5.32 Å². The zero-order valence-electron chi connectivity index (χ0n) is 10.8. The predicted octanol–water partition coefficient (Wildman–Crippen LogP) is 1.43. The highest BCUT2D eigenvalue weighted by Crippen LogP contribution is 2.14. The van der Waals surface area contributed by atoms with Gasteiger partial charge in [0.25, 0.3) is 0 Å². The Bertz CT molecular complexity index is 305. The maximum atomic E-state index is 11.7. The zero-order chi connectivity index (χ0) is 15.1. The van der Waals surface area contributed by atoms with Crippen LogP contribution in [-0.4, -0.2) is 42.9 Å². The van der Waals surface area contributed by atoms with Crippen LogP contribution in [0.1, 0.15) is 20.3 Å². The van der Waals surface area contributed by atoms with Gasteiger partial charge < -0.3 is 15.2 Å². The molecule has 0 heterocycles. The van der Waals surface area contributed by atoms with Gasteiger partial charge in [-0.25, -0.2) is 0 Å². The van der Waals surface area contributed by atoms with Crippen molar-refractivity contribution >= 4 is 11.9 Å². The van der Waals surface area contributed by atoms with E-state index in [0.29, 0.717) is 0 Å². The topological polar surface area (TPSA) is 75.6 Å². The minimum absolute atomic E-state index is 0.0505. The molecule has 0 fully saturated rings. The van der Waals surface area contributed by atoms with Crippen LogP contribution in [0.4, 0.5) is 13.2 Å². The van der Waals surface area contributed by atoms with Gasteiger partial charge in [-0.05, 0) is 5.92 Å². The summed E-state index contributed by atoms with van der Waals surface area (Å²) in [5.74, 6) is -2.43. The number of rotatable bonds is 8. The number of hydrogen-bond acceptors (Lipinski definition) is 3. The molecule has 0 aromatic heterocycles. The molecule has 0 aliphatic heterocycles. The lowest BCUT2D eigenvalue weighted by atomic mass is 9.96. The van der Waals surface area contributed by atoms with E-state index in [1.54, 1.807) is 13.8 Å². The second-order valence-corrected chi connectivity index (χ2v) is 4.41. The highest BCUT2D eigenvalue weighted by atomic mass is 19.4.